The highest BCUT2D eigenvalue weighted by atomic mass is 19.1. The molecule has 2 rings (SSSR count). The van der Waals surface area contributed by atoms with E-state index < -0.39 is 0 Å². The second-order valence-electron chi connectivity index (χ2n) is 4.09. The SMILES string of the molecule is CCc1cccnc1C(=O)Cc1cccc(F)c1. The van der Waals surface area contributed by atoms with E-state index in [0.717, 1.165) is 12.0 Å². The van der Waals surface area contributed by atoms with Gasteiger partial charge in [0.15, 0.2) is 5.78 Å². The lowest BCUT2D eigenvalue weighted by Crippen LogP contribution is -2.09. The Hall–Kier alpha value is -2.03. The van der Waals surface area contributed by atoms with Gasteiger partial charge in [-0.05, 0) is 35.7 Å². The Balaban J connectivity index is 2.22. The van der Waals surface area contributed by atoms with Gasteiger partial charge < -0.3 is 0 Å². The molecule has 0 N–H and O–H groups in total. The van der Waals surface area contributed by atoms with Crippen LogP contribution in [0.1, 0.15) is 28.5 Å². The van der Waals surface area contributed by atoms with E-state index in [0.29, 0.717) is 11.3 Å². The standard InChI is InChI=1S/C15H14FNO/c1-2-12-6-4-8-17-15(12)14(18)10-11-5-3-7-13(16)9-11/h3-9H,2,10H2,1H3. The molecule has 0 aliphatic rings. The number of hydrogen-bond donors (Lipinski definition) is 0. The minimum absolute atomic E-state index is 0.0712. The van der Waals surface area contributed by atoms with E-state index in [9.17, 15) is 9.18 Å². The van der Waals surface area contributed by atoms with Crippen LogP contribution >= 0.6 is 0 Å². The highest BCUT2D eigenvalue weighted by Gasteiger charge is 2.12. The van der Waals surface area contributed by atoms with Crippen molar-refractivity contribution in [3.63, 3.8) is 0 Å². The molecule has 0 aliphatic carbocycles. The van der Waals surface area contributed by atoms with E-state index in [2.05, 4.69) is 4.98 Å². The Kier molecular flexibility index (Phi) is 3.82. The number of nitrogens with zero attached hydrogens (tertiary/aromatic N) is 1. The topological polar surface area (TPSA) is 30.0 Å². The number of Topliss-reactive ketones (excluding diaryl/α,β-unsaturated/α-hetero) is 1. The molecule has 3 heteroatoms. The van der Waals surface area contributed by atoms with Crippen LogP contribution in [0.25, 0.3) is 0 Å². The molecule has 0 amide bonds. The van der Waals surface area contributed by atoms with Gasteiger partial charge in [0.25, 0.3) is 0 Å². The molecule has 0 spiro atoms. The Morgan fingerprint density at radius 1 is 1.28 bits per heavy atom. The summed E-state index contributed by atoms with van der Waals surface area (Å²) in [5.74, 6) is -0.393. The molecular formula is C15H14FNO. The lowest BCUT2D eigenvalue weighted by Gasteiger charge is -2.05. The molecule has 0 fully saturated rings. The third-order valence-corrected chi connectivity index (χ3v) is 2.79. The van der Waals surface area contributed by atoms with Crippen LogP contribution in [0.3, 0.4) is 0 Å². The maximum atomic E-state index is 13.0. The normalized spacial score (nSPS) is 10.3. The van der Waals surface area contributed by atoms with Gasteiger partial charge >= 0.3 is 0 Å². The van der Waals surface area contributed by atoms with Crippen LogP contribution in [0, 0.1) is 5.82 Å². The summed E-state index contributed by atoms with van der Waals surface area (Å²) in [5, 5.41) is 0. The molecule has 1 aromatic heterocycles. The molecule has 0 saturated carbocycles. The van der Waals surface area contributed by atoms with Crippen LogP contribution in [0.5, 0.6) is 0 Å². The van der Waals surface area contributed by atoms with Crippen LogP contribution in [-0.2, 0) is 12.8 Å². The van der Waals surface area contributed by atoms with Crippen molar-refractivity contribution in [1.29, 1.82) is 0 Å². The molecule has 0 unspecified atom stereocenters. The van der Waals surface area contributed by atoms with Crippen molar-refractivity contribution >= 4 is 5.78 Å². The molecule has 0 atom stereocenters. The number of benzene rings is 1. The Bertz CT molecular complexity index is 566. The fraction of sp³-hybridized carbons (Fsp3) is 0.200. The minimum Gasteiger partial charge on any atom is -0.292 e. The van der Waals surface area contributed by atoms with Crippen molar-refractivity contribution < 1.29 is 9.18 Å². The van der Waals surface area contributed by atoms with Gasteiger partial charge in [-0.25, -0.2) is 4.39 Å². The van der Waals surface area contributed by atoms with Crippen molar-refractivity contribution in [2.75, 3.05) is 0 Å². The van der Waals surface area contributed by atoms with Crippen molar-refractivity contribution in [3.05, 3.63) is 65.2 Å². The summed E-state index contributed by atoms with van der Waals surface area (Å²) in [5.41, 5.74) is 2.09. The van der Waals surface area contributed by atoms with E-state index in [4.69, 9.17) is 0 Å². The first-order valence-electron chi connectivity index (χ1n) is 5.92. The van der Waals surface area contributed by atoms with Crippen LogP contribution in [0.15, 0.2) is 42.6 Å². The number of rotatable bonds is 4. The molecule has 0 saturated heterocycles. The number of aryl methyl sites for hydroxylation is 1. The third kappa shape index (κ3) is 2.80. The van der Waals surface area contributed by atoms with Gasteiger partial charge in [0.1, 0.15) is 11.5 Å². The lowest BCUT2D eigenvalue weighted by molar-refractivity contribution is 0.0987. The molecule has 1 aromatic carbocycles. The molecule has 2 aromatic rings. The molecule has 0 bridgehead atoms. The first-order chi connectivity index (χ1) is 8.70. The molecule has 92 valence electrons. The quantitative estimate of drug-likeness (QED) is 0.772. The second kappa shape index (κ2) is 5.54. The predicted molar refractivity (Wildman–Crippen MR) is 68.0 cm³/mol. The Morgan fingerprint density at radius 3 is 2.83 bits per heavy atom. The second-order valence-corrected chi connectivity index (χ2v) is 4.09. The lowest BCUT2D eigenvalue weighted by atomic mass is 10.0. The van der Waals surface area contributed by atoms with Gasteiger partial charge in [-0.15, -0.1) is 0 Å². The average Bonchev–Trinajstić information content (AvgIpc) is 2.38. The zero-order chi connectivity index (χ0) is 13.0. The van der Waals surface area contributed by atoms with Gasteiger partial charge in [0.2, 0.25) is 0 Å². The fourth-order valence-electron chi connectivity index (χ4n) is 1.89. The molecule has 0 aliphatic heterocycles. The number of aromatic nitrogens is 1. The van der Waals surface area contributed by atoms with E-state index in [1.54, 1.807) is 18.3 Å². The number of hydrogen-bond acceptors (Lipinski definition) is 2. The van der Waals surface area contributed by atoms with Gasteiger partial charge in [0, 0.05) is 12.6 Å². The molecule has 18 heavy (non-hydrogen) atoms. The van der Waals surface area contributed by atoms with Crippen molar-refractivity contribution in [1.82, 2.24) is 4.98 Å². The van der Waals surface area contributed by atoms with Gasteiger partial charge in [-0.3, -0.25) is 9.78 Å². The number of pyridine rings is 1. The van der Waals surface area contributed by atoms with Crippen LogP contribution in [-0.4, -0.2) is 10.8 Å². The van der Waals surface area contributed by atoms with E-state index in [-0.39, 0.29) is 18.0 Å². The smallest absolute Gasteiger partial charge is 0.185 e. The van der Waals surface area contributed by atoms with Crippen LogP contribution in [0.2, 0.25) is 0 Å². The van der Waals surface area contributed by atoms with Crippen LogP contribution < -0.4 is 0 Å². The van der Waals surface area contributed by atoms with Crippen LogP contribution in [0.4, 0.5) is 4.39 Å². The number of carbonyl (C=O) groups is 1. The van der Waals surface area contributed by atoms with Crippen molar-refractivity contribution in [2.24, 2.45) is 0 Å². The monoisotopic (exact) mass is 243 g/mol. The molecule has 0 radical (unpaired) electrons. The fourth-order valence-corrected chi connectivity index (χ4v) is 1.89. The maximum absolute atomic E-state index is 13.0. The first kappa shape index (κ1) is 12.4. The Morgan fingerprint density at radius 2 is 2.11 bits per heavy atom. The van der Waals surface area contributed by atoms with Gasteiger partial charge in [-0.1, -0.05) is 25.1 Å². The summed E-state index contributed by atoms with van der Waals surface area (Å²) in [7, 11) is 0. The maximum Gasteiger partial charge on any atom is 0.185 e. The highest BCUT2D eigenvalue weighted by Crippen LogP contribution is 2.11. The molecule has 2 nitrogen and oxygen atoms in total. The number of ketones is 1. The van der Waals surface area contributed by atoms with E-state index in [1.807, 2.05) is 19.1 Å². The largest absolute Gasteiger partial charge is 0.292 e. The van der Waals surface area contributed by atoms with Gasteiger partial charge in [0.05, 0.1) is 0 Å². The third-order valence-electron chi connectivity index (χ3n) is 2.79. The first-order valence-corrected chi connectivity index (χ1v) is 5.92. The molecular weight excluding hydrogens is 229 g/mol. The van der Waals surface area contributed by atoms with Crippen molar-refractivity contribution in [3.8, 4) is 0 Å². The average molecular weight is 243 g/mol. The summed E-state index contributed by atoms with van der Waals surface area (Å²) >= 11 is 0. The summed E-state index contributed by atoms with van der Waals surface area (Å²) in [6.45, 7) is 1.98. The Labute approximate surface area is 105 Å². The summed E-state index contributed by atoms with van der Waals surface area (Å²) < 4.78 is 13.0. The zero-order valence-electron chi connectivity index (χ0n) is 10.2. The molecule has 1 heterocycles. The summed E-state index contributed by atoms with van der Waals surface area (Å²) in [6, 6.07) is 9.81. The number of halogens is 1. The van der Waals surface area contributed by atoms with E-state index >= 15 is 0 Å². The summed E-state index contributed by atoms with van der Waals surface area (Å²) in [6.07, 6.45) is 2.55. The zero-order valence-corrected chi connectivity index (χ0v) is 10.2. The predicted octanol–water partition coefficient (Wildman–Crippen LogP) is 3.21. The van der Waals surface area contributed by atoms with Gasteiger partial charge in [-0.2, -0.15) is 0 Å². The number of carbonyl (C=O) groups excluding carboxylic acids is 1. The van der Waals surface area contributed by atoms with Crippen molar-refractivity contribution in [2.45, 2.75) is 19.8 Å². The highest BCUT2D eigenvalue weighted by molar-refractivity contribution is 5.97. The summed E-state index contributed by atoms with van der Waals surface area (Å²) in [4.78, 5) is 16.2. The van der Waals surface area contributed by atoms with E-state index in [1.165, 1.54) is 12.1 Å². The minimum atomic E-state index is -0.322.